The number of carbonyl (C=O) groups is 1. The second-order valence-corrected chi connectivity index (χ2v) is 4.60. The molecule has 0 aliphatic heterocycles. The summed E-state index contributed by atoms with van der Waals surface area (Å²) in [5.74, 6) is -0.161. The number of nitrogens with zero attached hydrogens (tertiary/aromatic N) is 1. The molecule has 0 bridgehead atoms. The molecular formula is C13H18N2O2S. The topological polar surface area (TPSA) is 66.6 Å². The molecule has 0 spiro atoms. The third-order valence-corrected chi connectivity index (χ3v) is 2.97. The van der Waals surface area contributed by atoms with Crippen molar-refractivity contribution in [1.82, 2.24) is 4.90 Å². The monoisotopic (exact) mass is 266 g/mol. The van der Waals surface area contributed by atoms with Crippen molar-refractivity contribution < 1.29 is 9.90 Å². The smallest absolute Gasteiger partial charge is 0.257 e. The van der Waals surface area contributed by atoms with Gasteiger partial charge in [0.25, 0.3) is 5.91 Å². The van der Waals surface area contributed by atoms with Crippen LogP contribution in [0.3, 0.4) is 0 Å². The number of rotatable bonds is 5. The van der Waals surface area contributed by atoms with E-state index in [1.54, 1.807) is 30.0 Å². The van der Waals surface area contributed by atoms with Crippen molar-refractivity contribution in [3.8, 4) is 5.75 Å². The van der Waals surface area contributed by atoms with Gasteiger partial charge in [-0.3, -0.25) is 4.79 Å². The van der Waals surface area contributed by atoms with Gasteiger partial charge in [0, 0.05) is 19.5 Å². The summed E-state index contributed by atoms with van der Waals surface area (Å²) in [7, 11) is 0. The van der Waals surface area contributed by atoms with E-state index in [2.05, 4.69) is 0 Å². The Morgan fingerprint density at radius 1 is 1.50 bits per heavy atom. The van der Waals surface area contributed by atoms with Crippen molar-refractivity contribution >= 4 is 23.1 Å². The lowest BCUT2D eigenvalue weighted by Gasteiger charge is -2.21. The van der Waals surface area contributed by atoms with Gasteiger partial charge in [0.1, 0.15) is 5.75 Å². The number of nitrogens with two attached hydrogens (primary N) is 1. The zero-order chi connectivity index (χ0) is 13.7. The largest absolute Gasteiger partial charge is 0.507 e. The molecule has 0 saturated heterocycles. The normalized spacial score (nSPS) is 10.1. The summed E-state index contributed by atoms with van der Waals surface area (Å²) in [6.07, 6.45) is 0.488. The van der Waals surface area contributed by atoms with E-state index in [0.29, 0.717) is 35.6 Å². The van der Waals surface area contributed by atoms with Gasteiger partial charge in [0.2, 0.25) is 0 Å². The minimum Gasteiger partial charge on any atom is -0.507 e. The predicted octanol–water partition coefficient (Wildman–Crippen LogP) is 1.84. The highest BCUT2D eigenvalue weighted by atomic mass is 32.1. The number of aromatic hydroxyl groups is 1. The molecule has 4 nitrogen and oxygen atoms in total. The number of hydrogen-bond donors (Lipinski definition) is 2. The van der Waals surface area contributed by atoms with Crippen molar-refractivity contribution in [2.45, 2.75) is 20.3 Å². The molecule has 98 valence electrons. The highest BCUT2D eigenvalue weighted by Gasteiger charge is 2.18. The molecule has 1 aromatic rings. The third kappa shape index (κ3) is 3.43. The lowest BCUT2D eigenvalue weighted by Crippen LogP contribution is -2.33. The summed E-state index contributed by atoms with van der Waals surface area (Å²) in [6, 6.07) is 5.13. The maximum Gasteiger partial charge on any atom is 0.257 e. The van der Waals surface area contributed by atoms with Crippen LogP contribution in [0.15, 0.2) is 18.2 Å². The number of phenolic OH excluding ortho intramolecular Hbond substituents is 1. The molecule has 0 aliphatic carbocycles. The molecule has 1 amide bonds. The Kier molecular flexibility index (Phi) is 5.09. The van der Waals surface area contributed by atoms with E-state index in [1.165, 1.54) is 0 Å². The molecule has 1 aromatic carbocycles. The third-order valence-electron chi connectivity index (χ3n) is 2.77. The zero-order valence-corrected chi connectivity index (χ0v) is 11.5. The second-order valence-electron chi connectivity index (χ2n) is 4.07. The van der Waals surface area contributed by atoms with Crippen LogP contribution in [-0.2, 0) is 0 Å². The Labute approximate surface area is 112 Å². The molecule has 0 radical (unpaired) electrons. The van der Waals surface area contributed by atoms with Gasteiger partial charge in [0.05, 0.1) is 10.6 Å². The summed E-state index contributed by atoms with van der Waals surface area (Å²) in [5.41, 5.74) is 6.44. The molecule has 5 heteroatoms. The summed E-state index contributed by atoms with van der Waals surface area (Å²) < 4.78 is 0. The van der Waals surface area contributed by atoms with Crippen LogP contribution < -0.4 is 5.73 Å². The number of para-hydroxylation sites is 1. The van der Waals surface area contributed by atoms with Crippen LogP contribution in [-0.4, -0.2) is 34.0 Å². The molecule has 0 aromatic heterocycles. The van der Waals surface area contributed by atoms with E-state index in [0.717, 1.165) is 0 Å². The predicted molar refractivity (Wildman–Crippen MR) is 75.8 cm³/mol. The molecule has 3 N–H and O–H groups in total. The fraction of sp³-hybridized carbons (Fsp3) is 0.385. The van der Waals surface area contributed by atoms with Crippen molar-refractivity contribution in [3.63, 3.8) is 0 Å². The van der Waals surface area contributed by atoms with E-state index in [1.807, 2.05) is 6.92 Å². The number of thiocarbonyl (C=S) groups is 1. The fourth-order valence-electron chi connectivity index (χ4n) is 1.65. The van der Waals surface area contributed by atoms with Crippen LogP contribution in [0.4, 0.5) is 0 Å². The first-order valence-electron chi connectivity index (χ1n) is 5.83. The maximum atomic E-state index is 12.2. The van der Waals surface area contributed by atoms with E-state index in [4.69, 9.17) is 18.0 Å². The first kappa shape index (κ1) is 14.4. The van der Waals surface area contributed by atoms with Crippen LogP contribution in [0, 0.1) is 6.92 Å². The quantitative estimate of drug-likeness (QED) is 0.798. The minimum absolute atomic E-state index is 0.0382. The SMILES string of the molecule is CCN(CCC(N)=S)C(=O)c1cccc(C)c1O. The molecule has 0 fully saturated rings. The maximum absolute atomic E-state index is 12.2. The first-order valence-corrected chi connectivity index (χ1v) is 6.24. The molecule has 18 heavy (non-hydrogen) atoms. The van der Waals surface area contributed by atoms with Gasteiger partial charge >= 0.3 is 0 Å². The minimum atomic E-state index is -0.199. The van der Waals surface area contributed by atoms with Crippen molar-refractivity contribution in [3.05, 3.63) is 29.3 Å². The van der Waals surface area contributed by atoms with E-state index in [9.17, 15) is 9.90 Å². The van der Waals surface area contributed by atoms with E-state index < -0.39 is 0 Å². The standard InChI is InChI=1S/C13H18N2O2S/c1-3-15(8-7-11(14)18)13(17)10-6-4-5-9(2)12(10)16/h4-6,16H,3,7-8H2,1-2H3,(H2,14,18). The van der Waals surface area contributed by atoms with Gasteiger partial charge in [-0.2, -0.15) is 0 Å². The molecule has 0 unspecified atom stereocenters. The van der Waals surface area contributed by atoms with E-state index >= 15 is 0 Å². The number of benzene rings is 1. The summed E-state index contributed by atoms with van der Waals surface area (Å²) in [4.78, 5) is 14.2. The Morgan fingerprint density at radius 2 is 2.17 bits per heavy atom. The van der Waals surface area contributed by atoms with Crippen LogP contribution >= 0.6 is 12.2 Å². The summed E-state index contributed by atoms with van der Waals surface area (Å²) >= 11 is 4.80. The van der Waals surface area contributed by atoms with Crippen molar-refractivity contribution in [2.75, 3.05) is 13.1 Å². The fourth-order valence-corrected chi connectivity index (χ4v) is 1.74. The number of phenols is 1. The van der Waals surface area contributed by atoms with Gasteiger partial charge in [0.15, 0.2) is 0 Å². The Bertz CT molecular complexity index is 460. The van der Waals surface area contributed by atoms with Gasteiger partial charge in [-0.25, -0.2) is 0 Å². The van der Waals surface area contributed by atoms with Gasteiger partial charge in [-0.05, 0) is 25.5 Å². The molecule has 0 atom stereocenters. The Balaban J connectivity index is 2.89. The number of carbonyl (C=O) groups excluding carboxylic acids is 1. The lowest BCUT2D eigenvalue weighted by molar-refractivity contribution is 0.0765. The molecular weight excluding hydrogens is 248 g/mol. The second kappa shape index (κ2) is 6.35. The van der Waals surface area contributed by atoms with Crippen LogP contribution in [0.1, 0.15) is 29.3 Å². The molecule has 0 saturated carbocycles. The Hall–Kier alpha value is -1.62. The van der Waals surface area contributed by atoms with Gasteiger partial charge in [-0.1, -0.05) is 24.4 Å². The lowest BCUT2D eigenvalue weighted by atomic mass is 10.1. The first-order chi connectivity index (χ1) is 8.47. The average Bonchev–Trinajstić information content (AvgIpc) is 2.32. The van der Waals surface area contributed by atoms with Crippen LogP contribution in [0.5, 0.6) is 5.75 Å². The Morgan fingerprint density at radius 3 is 2.72 bits per heavy atom. The van der Waals surface area contributed by atoms with E-state index in [-0.39, 0.29) is 11.7 Å². The highest BCUT2D eigenvalue weighted by Crippen LogP contribution is 2.22. The number of amides is 1. The number of hydrogen-bond acceptors (Lipinski definition) is 3. The zero-order valence-electron chi connectivity index (χ0n) is 10.6. The average molecular weight is 266 g/mol. The van der Waals surface area contributed by atoms with Crippen LogP contribution in [0.2, 0.25) is 0 Å². The van der Waals surface area contributed by atoms with Gasteiger partial charge < -0.3 is 15.7 Å². The highest BCUT2D eigenvalue weighted by molar-refractivity contribution is 7.80. The molecule has 0 aliphatic rings. The van der Waals surface area contributed by atoms with Crippen molar-refractivity contribution in [1.29, 1.82) is 0 Å². The number of aryl methyl sites for hydroxylation is 1. The van der Waals surface area contributed by atoms with Gasteiger partial charge in [-0.15, -0.1) is 0 Å². The van der Waals surface area contributed by atoms with Crippen molar-refractivity contribution in [2.24, 2.45) is 5.73 Å². The molecule has 0 heterocycles. The summed E-state index contributed by atoms with van der Waals surface area (Å²) in [6.45, 7) is 4.66. The summed E-state index contributed by atoms with van der Waals surface area (Å²) in [5, 5.41) is 9.89. The van der Waals surface area contributed by atoms with Crippen LogP contribution in [0.25, 0.3) is 0 Å². The molecule has 1 rings (SSSR count).